The van der Waals surface area contributed by atoms with Crippen molar-refractivity contribution in [2.45, 2.75) is 53.1 Å². The molecular weight excluding hydrogens is 373 g/mol. The van der Waals surface area contributed by atoms with Gasteiger partial charge < -0.3 is 14.4 Å². The SMILES string of the molecule is Cc1ccc(-c2noc(CCC(=O)N[C@@H](Cn3ccnc3)C(C)(C)C)n2)cc1F. The fraction of sp³-hybridized carbons (Fsp3) is 0.429. The van der Waals surface area contributed by atoms with Gasteiger partial charge in [-0.15, -0.1) is 0 Å². The number of imidazole rings is 1. The minimum Gasteiger partial charge on any atom is -0.351 e. The van der Waals surface area contributed by atoms with Crippen LogP contribution in [0, 0.1) is 18.2 Å². The lowest BCUT2D eigenvalue weighted by Gasteiger charge is -2.31. The number of nitrogens with one attached hydrogen (secondary N) is 1. The molecule has 1 amide bonds. The second-order valence-electron chi connectivity index (χ2n) is 8.22. The highest BCUT2D eigenvalue weighted by Gasteiger charge is 2.26. The van der Waals surface area contributed by atoms with Crippen molar-refractivity contribution < 1.29 is 13.7 Å². The van der Waals surface area contributed by atoms with Crippen LogP contribution in [0.5, 0.6) is 0 Å². The van der Waals surface area contributed by atoms with Crippen LogP contribution in [0.4, 0.5) is 4.39 Å². The van der Waals surface area contributed by atoms with Crippen molar-refractivity contribution in [1.82, 2.24) is 25.0 Å². The summed E-state index contributed by atoms with van der Waals surface area (Å²) in [6.07, 6.45) is 5.86. The van der Waals surface area contributed by atoms with E-state index in [1.807, 2.05) is 10.8 Å². The molecule has 0 spiro atoms. The lowest BCUT2D eigenvalue weighted by molar-refractivity contribution is -0.122. The zero-order chi connectivity index (χ0) is 21.0. The fourth-order valence-corrected chi connectivity index (χ4v) is 2.83. The van der Waals surface area contributed by atoms with E-state index in [1.165, 1.54) is 6.07 Å². The van der Waals surface area contributed by atoms with E-state index < -0.39 is 0 Å². The lowest BCUT2D eigenvalue weighted by atomic mass is 9.86. The molecule has 154 valence electrons. The Morgan fingerprint density at radius 2 is 2.14 bits per heavy atom. The quantitative estimate of drug-likeness (QED) is 0.657. The number of hydrogen-bond acceptors (Lipinski definition) is 5. The van der Waals surface area contributed by atoms with E-state index in [1.54, 1.807) is 31.6 Å². The smallest absolute Gasteiger partial charge is 0.227 e. The van der Waals surface area contributed by atoms with E-state index in [-0.39, 0.29) is 29.6 Å². The summed E-state index contributed by atoms with van der Waals surface area (Å²) in [5.74, 6) is 0.246. The first-order chi connectivity index (χ1) is 13.7. The van der Waals surface area contributed by atoms with Crippen LogP contribution in [0.1, 0.15) is 38.6 Å². The van der Waals surface area contributed by atoms with E-state index in [9.17, 15) is 9.18 Å². The number of halogens is 1. The molecule has 1 atom stereocenters. The van der Waals surface area contributed by atoms with Crippen LogP contribution in [0.2, 0.25) is 0 Å². The van der Waals surface area contributed by atoms with Gasteiger partial charge in [0.1, 0.15) is 5.82 Å². The molecule has 3 rings (SSSR count). The normalized spacial score (nSPS) is 12.7. The van der Waals surface area contributed by atoms with Crippen LogP contribution >= 0.6 is 0 Å². The van der Waals surface area contributed by atoms with Crippen molar-refractivity contribution in [3.05, 3.63) is 54.2 Å². The summed E-state index contributed by atoms with van der Waals surface area (Å²) >= 11 is 0. The van der Waals surface area contributed by atoms with Gasteiger partial charge in [0.05, 0.1) is 12.4 Å². The van der Waals surface area contributed by atoms with Gasteiger partial charge in [0.25, 0.3) is 0 Å². The Bertz CT molecular complexity index is 960. The fourth-order valence-electron chi connectivity index (χ4n) is 2.83. The second kappa shape index (κ2) is 8.55. The number of carbonyl (C=O) groups is 1. The van der Waals surface area contributed by atoms with E-state index in [0.717, 1.165) is 0 Å². The molecule has 0 radical (unpaired) electrons. The van der Waals surface area contributed by atoms with Crippen molar-refractivity contribution in [3.8, 4) is 11.4 Å². The molecule has 0 unspecified atom stereocenters. The van der Waals surface area contributed by atoms with E-state index >= 15 is 0 Å². The summed E-state index contributed by atoms with van der Waals surface area (Å²) in [6.45, 7) is 8.58. The molecule has 0 bridgehead atoms. The molecule has 29 heavy (non-hydrogen) atoms. The third-order valence-corrected chi connectivity index (χ3v) is 4.80. The molecule has 8 heteroatoms. The third-order valence-electron chi connectivity index (χ3n) is 4.80. The molecule has 0 aliphatic rings. The average molecular weight is 399 g/mol. The molecule has 0 aliphatic carbocycles. The first kappa shape index (κ1) is 20.7. The summed E-state index contributed by atoms with van der Waals surface area (Å²) in [6, 6.07) is 4.73. The Morgan fingerprint density at radius 3 is 2.79 bits per heavy atom. The zero-order valence-electron chi connectivity index (χ0n) is 17.1. The van der Waals surface area contributed by atoms with Gasteiger partial charge in [-0.25, -0.2) is 9.37 Å². The third kappa shape index (κ3) is 5.49. The summed E-state index contributed by atoms with van der Waals surface area (Å²) in [4.78, 5) is 20.8. The highest BCUT2D eigenvalue weighted by molar-refractivity contribution is 5.76. The summed E-state index contributed by atoms with van der Waals surface area (Å²) in [5.41, 5.74) is 0.978. The summed E-state index contributed by atoms with van der Waals surface area (Å²) in [5, 5.41) is 6.98. The van der Waals surface area contributed by atoms with Crippen LogP contribution < -0.4 is 5.32 Å². The second-order valence-corrected chi connectivity index (χ2v) is 8.22. The van der Waals surface area contributed by atoms with Gasteiger partial charge in [0.2, 0.25) is 17.6 Å². The number of carbonyl (C=O) groups excluding carboxylic acids is 1. The monoisotopic (exact) mass is 399 g/mol. The number of aryl methyl sites for hydroxylation is 2. The number of hydrogen-bond donors (Lipinski definition) is 1. The van der Waals surface area contributed by atoms with Crippen molar-refractivity contribution in [3.63, 3.8) is 0 Å². The first-order valence-corrected chi connectivity index (χ1v) is 9.56. The number of aromatic nitrogens is 4. The Kier molecular flexibility index (Phi) is 6.10. The van der Waals surface area contributed by atoms with Gasteiger partial charge in [-0.05, 0) is 24.0 Å². The number of amides is 1. The van der Waals surface area contributed by atoms with Crippen LogP contribution in [-0.2, 0) is 17.8 Å². The first-order valence-electron chi connectivity index (χ1n) is 9.56. The van der Waals surface area contributed by atoms with Crippen LogP contribution in [0.25, 0.3) is 11.4 Å². The van der Waals surface area contributed by atoms with Gasteiger partial charge in [-0.3, -0.25) is 4.79 Å². The number of benzene rings is 1. The molecular formula is C21H26FN5O2. The Balaban J connectivity index is 1.58. The highest BCUT2D eigenvalue weighted by atomic mass is 19.1. The number of nitrogens with zero attached hydrogens (tertiary/aromatic N) is 4. The topological polar surface area (TPSA) is 85.8 Å². The van der Waals surface area contributed by atoms with Crippen LogP contribution in [0.15, 0.2) is 41.4 Å². The maximum absolute atomic E-state index is 13.7. The standard InChI is InChI=1S/C21H26FN5O2/c1-14-5-6-15(11-16(14)22)20-25-19(29-26-20)8-7-18(28)24-17(21(2,3)4)12-27-10-9-23-13-27/h5-6,9-11,13,17H,7-8,12H2,1-4H3,(H,24,28)/t17-/m0/s1. The van der Waals surface area contributed by atoms with Gasteiger partial charge >= 0.3 is 0 Å². The van der Waals surface area contributed by atoms with Gasteiger partial charge in [-0.2, -0.15) is 4.98 Å². The molecule has 7 nitrogen and oxygen atoms in total. The minimum atomic E-state index is -0.320. The molecule has 1 N–H and O–H groups in total. The van der Waals surface area contributed by atoms with E-state index in [0.29, 0.717) is 35.8 Å². The molecule has 2 aromatic heterocycles. The molecule has 0 saturated carbocycles. The Hall–Kier alpha value is -3.03. The predicted molar refractivity (Wildman–Crippen MR) is 106 cm³/mol. The van der Waals surface area contributed by atoms with Crippen LogP contribution in [-0.4, -0.2) is 31.6 Å². The van der Waals surface area contributed by atoms with E-state index in [4.69, 9.17) is 4.52 Å². The minimum absolute atomic E-state index is 0.0574. The lowest BCUT2D eigenvalue weighted by Crippen LogP contribution is -2.46. The highest BCUT2D eigenvalue weighted by Crippen LogP contribution is 2.22. The Morgan fingerprint density at radius 1 is 1.34 bits per heavy atom. The van der Waals surface area contributed by atoms with Crippen molar-refractivity contribution >= 4 is 5.91 Å². The Labute approximate surface area is 169 Å². The van der Waals surface area contributed by atoms with Crippen molar-refractivity contribution in [2.75, 3.05) is 0 Å². The zero-order valence-corrected chi connectivity index (χ0v) is 17.1. The summed E-state index contributed by atoms with van der Waals surface area (Å²) in [7, 11) is 0. The molecule has 2 heterocycles. The maximum atomic E-state index is 13.7. The van der Waals surface area contributed by atoms with Crippen molar-refractivity contribution in [2.24, 2.45) is 5.41 Å². The molecule has 3 aromatic rings. The van der Waals surface area contributed by atoms with Crippen molar-refractivity contribution in [1.29, 1.82) is 0 Å². The maximum Gasteiger partial charge on any atom is 0.227 e. The van der Waals surface area contributed by atoms with Gasteiger partial charge in [0, 0.05) is 37.3 Å². The van der Waals surface area contributed by atoms with Crippen LogP contribution in [0.3, 0.4) is 0 Å². The molecule has 1 aromatic carbocycles. The predicted octanol–water partition coefficient (Wildman–Crippen LogP) is 3.54. The molecule has 0 fully saturated rings. The van der Waals surface area contributed by atoms with Gasteiger partial charge in [0.15, 0.2) is 0 Å². The van der Waals surface area contributed by atoms with E-state index in [2.05, 4.69) is 41.2 Å². The largest absolute Gasteiger partial charge is 0.351 e. The van der Waals surface area contributed by atoms with Gasteiger partial charge in [-0.1, -0.05) is 38.1 Å². The molecule has 0 aliphatic heterocycles. The number of rotatable bonds is 7. The average Bonchev–Trinajstić information content (AvgIpc) is 3.33. The summed E-state index contributed by atoms with van der Waals surface area (Å²) < 4.78 is 20.9. The molecule has 0 saturated heterocycles.